The Kier molecular flexibility index (Phi) is 8.67. The van der Waals surface area contributed by atoms with Gasteiger partial charge in [0, 0.05) is 23.2 Å². The fourth-order valence-electron chi connectivity index (χ4n) is 2.14. The van der Waals surface area contributed by atoms with Gasteiger partial charge >= 0.3 is 27.0 Å². The van der Waals surface area contributed by atoms with Gasteiger partial charge in [-0.15, -0.1) is 0 Å². The quantitative estimate of drug-likeness (QED) is 0.423. The van der Waals surface area contributed by atoms with Crippen LogP contribution in [0.5, 0.6) is 0 Å². The maximum atomic E-state index is 10.7. The predicted molar refractivity (Wildman–Crippen MR) is 71.9 cm³/mol. The van der Waals surface area contributed by atoms with E-state index in [1.165, 1.54) is 6.42 Å². The third kappa shape index (κ3) is 5.74. The van der Waals surface area contributed by atoms with Crippen LogP contribution < -0.4 is 21.7 Å². The topological polar surface area (TPSA) is 170 Å². The number of carbonyl (C=O) groups excluding carboxylic acids is 2. The molecule has 23 heavy (non-hydrogen) atoms. The molecule has 2 rings (SSSR count). The van der Waals surface area contributed by atoms with E-state index in [0.29, 0.717) is 12.1 Å². The van der Waals surface area contributed by atoms with Gasteiger partial charge in [0.1, 0.15) is 0 Å². The molecule has 0 aromatic heterocycles. The van der Waals surface area contributed by atoms with E-state index in [2.05, 4.69) is 0 Å². The average Bonchev–Trinajstić information content (AvgIpc) is 2.82. The molecule has 128 valence electrons. The number of aromatic carboxylic acids is 3. The van der Waals surface area contributed by atoms with E-state index in [4.69, 9.17) is 16.6 Å². The molecule has 2 unspecified atom stereocenters. The van der Waals surface area contributed by atoms with Crippen molar-refractivity contribution < 1.29 is 50.8 Å². The third-order valence-corrected chi connectivity index (χ3v) is 3.34. The maximum absolute atomic E-state index is 10.7. The first-order chi connectivity index (χ1) is 10.3. The van der Waals surface area contributed by atoms with Gasteiger partial charge in [0.2, 0.25) is 0 Å². The normalized spacial score (nSPS) is 19.0. The largest absolute Gasteiger partial charge is 2.00 e. The van der Waals surface area contributed by atoms with Gasteiger partial charge in [-0.1, -0.05) is 24.6 Å². The van der Waals surface area contributed by atoms with Crippen LogP contribution in [0.4, 0.5) is 0 Å². The van der Waals surface area contributed by atoms with E-state index in [-0.39, 0.29) is 21.1 Å². The van der Waals surface area contributed by atoms with Crippen molar-refractivity contribution in [3.8, 4) is 0 Å². The summed E-state index contributed by atoms with van der Waals surface area (Å²) < 4.78 is 0. The zero-order chi connectivity index (χ0) is 16.9. The molecule has 8 nitrogen and oxygen atoms in total. The third-order valence-electron chi connectivity index (χ3n) is 3.34. The van der Waals surface area contributed by atoms with Crippen LogP contribution in [0.15, 0.2) is 18.2 Å². The molecule has 5 N–H and O–H groups in total. The molecule has 1 fully saturated rings. The molecule has 0 bridgehead atoms. The molecule has 9 heteroatoms. The number of carboxylic acids is 3. The number of benzene rings is 1. The Morgan fingerprint density at radius 3 is 1.61 bits per heavy atom. The van der Waals surface area contributed by atoms with Gasteiger partial charge in [-0.05, 0) is 12.8 Å². The molecule has 1 aliphatic carbocycles. The zero-order valence-corrected chi connectivity index (χ0v) is 14.2. The summed E-state index contributed by atoms with van der Waals surface area (Å²) in [6.45, 7) is 0. The Morgan fingerprint density at radius 2 is 1.39 bits per heavy atom. The fraction of sp³-hybridized carbons (Fsp3) is 0.357. The molecule has 0 spiro atoms. The number of nitrogens with two attached hydrogens (primary N) is 2. The van der Waals surface area contributed by atoms with E-state index < -0.39 is 34.6 Å². The van der Waals surface area contributed by atoms with E-state index in [9.17, 15) is 24.6 Å². The van der Waals surface area contributed by atoms with Crippen molar-refractivity contribution in [2.24, 2.45) is 11.5 Å². The Bertz CT molecular complexity index is 552. The average molecular weight is 503 g/mol. The Balaban J connectivity index is 0.000000509. The second kappa shape index (κ2) is 9.39. The smallest absolute Gasteiger partial charge is 0.545 e. The van der Waals surface area contributed by atoms with Gasteiger partial charge in [0.25, 0.3) is 0 Å². The molecule has 0 heterocycles. The van der Waals surface area contributed by atoms with Crippen molar-refractivity contribution in [3.63, 3.8) is 0 Å². The molecular weight excluding hydrogens is 487 g/mol. The minimum absolute atomic E-state index is 0. The van der Waals surface area contributed by atoms with Crippen molar-refractivity contribution in [1.82, 2.24) is 0 Å². The van der Waals surface area contributed by atoms with Crippen LogP contribution in [0.2, 0.25) is 0 Å². The first-order valence-corrected chi connectivity index (χ1v) is 6.55. The Labute approximate surface area is 146 Å². The minimum Gasteiger partial charge on any atom is -0.545 e. The standard InChI is InChI=1S/C9H6O6.C5H12N2.Pt/c10-7(11)4-2-1-3-5(8(12)13)6(4)9(14)15;6-4-2-1-3-5(4)7;/h1-3H,(H,10,11)(H,12,13)(H,14,15);4-5H,1-3,6-7H2;/q;;+2/p-2. The van der Waals surface area contributed by atoms with Gasteiger partial charge in [-0.25, -0.2) is 4.79 Å². The minimum atomic E-state index is -1.75. The molecule has 1 aromatic rings. The Hall–Kier alpha value is -1.76. The summed E-state index contributed by atoms with van der Waals surface area (Å²) in [5.74, 6) is -5.17. The molecule has 1 saturated carbocycles. The SMILES string of the molecule is NC1CCCC1N.O=C([O-])c1cccc(C(=O)[O-])c1C(=O)O.[Pt+2]. The monoisotopic (exact) mass is 503 g/mol. The fourth-order valence-corrected chi connectivity index (χ4v) is 2.14. The van der Waals surface area contributed by atoms with Gasteiger partial charge < -0.3 is 36.4 Å². The van der Waals surface area contributed by atoms with E-state index in [1.54, 1.807) is 0 Å². The van der Waals surface area contributed by atoms with E-state index in [0.717, 1.165) is 31.0 Å². The molecule has 1 aliphatic rings. The first-order valence-electron chi connectivity index (χ1n) is 6.55. The molecule has 0 amide bonds. The van der Waals surface area contributed by atoms with Gasteiger partial charge in [-0.2, -0.15) is 0 Å². The first kappa shape index (κ1) is 21.2. The summed E-state index contributed by atoms with van der Waals surface area (Å²) in [5.41, 5.74) is 8.89. The van der Waals surface area contributed by atoms with Crippen LogP contribution in [0.1, 0.15) is 50.3 Å². The summed E-state index contributed by atoms with van der Waals surface area (Å²) >= 11 is 0. The number of hydrogen-bond acceptors (Lipinski definition) is 7. The summed E-state index contributed by atoms with van der Waals surface area (Å²) in [6.07, 6.45) is 3.48. The summed E-state index contributed by atoms with van der Waals surface area (Å²) in [5, 5.41) is 29.7. The van der Waals surface area contributed by atoms with Gasteiger partial charge in [0.05, 0.1) is 17.5 Å². The zero-order valence-electron chi connectivity index (χ0n) is 12.0. The van der Waals surface area contributed by atoms with Crippen LogP contribution in [0.3, 0.4) is 0 Å². The maximum Gasteiger partial charge on any atom is 2.00 e. The summed E-state index contributed by atoms with van der Waals surface area (Å²) in [4.78, 5) is 31.7. The molecule has 2 atom stereocenters. The van der Waals surface area contributed by atoms with Crippen molar-refractivity contribution >= 4 is 17.9 Å². The summed E-state index contributed by atoms with van der Waals surface area (Å²) in [7, 11) is 0. The molecule has 0 radical (unpaired) electrons. The van der Waals surface area contributed by atoms with Crippen molar-refractivity contribution in [1.29, 1.82) is 0 Å². The second-order valence-electron chi connectivity index (χ2n) is 4.87. The van der Waals surface area contributed by atoms with Crippen LogP contribution in [-0.2, 0) is 21.1 Å². The van der Waals surface area contributed by atoms with Gasteiger partial charge in [0.15, 0.2) is 0 Å². The molecule has 0 aliphatic heterocycles. The molecule has 0 saturated heterocycles. The van der Waals surface area contributed by atoms with Gasteiger partial charge in [-0.3, -0.25) is 0 Å². The predicted octanol–water partition coefficient (Wildman–Crippen LogP) is -2.07. The van der Waals surface area contributed by atoms with Crippen LogP contribution in [-0.4, -0.2) is 35.1 Å². The number of carbonyl (C=O) groups is 3. The van der Waals surface area contributed by atoms with Crippen LogP contribution in [0.25, 0.3) is 0 Å². The van der Waals surface area contributed by atoms with Crippen LogP contribution in [0, 0.1) is 0 Å². The molecular formula is C14H16N2O6Pt. The summed E-state index contributed by atoms with van der Waals surface area (Å²) in [6, 6.07) is 3.58. The van der Waals surface area contributed by atoms with Crippen molar-refractivity contribution in [3.05, 3.63) is 34.9 Å². The molecule has 1 aromatic carbocycles. The number of rotatable bonds is 3. The van der Waals surface area contributed by atoms with E-state index in [1.807, 2.05) is 0 Å². The van der Waals surface area contributed by atoms with Crippen molar-refractivity contribution in [2.75, 3.05) is 0 Å². The van der Waals surface area contributed by atoms with Crippen molar-refractivity contribution in [2.45, 2.75) is 31.3 Å². The van der Waals surface area contributed by atoms with Crippen LogP contribution >= 0.6 is 0 Å². The van der Waals surface area contributed by atoms with E-state index >= 15 is 0 Å². The number of hydrogen-bond donors (Lipinski definition) is 3. The Morgan fingerprint density at radius 1 is 1.00 bits per heavy atom. The second-order valence-corrected chi connectivity index (χ2v) is 4.87. The number of carboxylic acid groups (broad SMARTS) is 3.